The molecule has 1 N–H and O–H groups in total. The van der Waals surface area contributed by atoms with Gasteiger partial charge < -0.3 is 14.2 Å². The molecule has 0 saturated carbocycles. The normalized spacial score (nSPS) is 12.6. The zero-order valence-electron chi connectivity index (χ0n) is 14.7. The first-order valence-electron chi connectivity index (χ1n) is 8.02. The average Bonchev–Trinajstić information content (AvgIpc) is 3.13. The number of hydrogen-bond donors (Lipinski definition) is 1. The van der Waals surface area contributed by atoms with Crippen molar-refractivity contribution in [3.05, 3.63) is 57.6 Å². The molecule has 1 amide bonds. The second kappa shape index (κ2) is 7.73. The predicted molar refractivity (Wildman–Crippen MR) is 96.3 cm³/mol. The van der Waals surface area contributed by atoms with Crippen LogP contribution in [-0.2, 0) is 11.2 Å². The summed E-state index contributed by atoms with van der Waals surface area (Å²) in [6, 6.07) is 9.73. The molecule has 1 aliphatic rings. The molecule has 2 aromatic rings. The quantitative estimate of drug-likeness (QED) is 0.474. The van der Waals surface area contributed by atoms with Gasteiger partial charge in [-0.05, 0) is 36.8 Å². The number of amides is 1. The van der Waals surface area contributed by atoms with Crippen LogP contribution >= 0.6 is 0 Å². The number of nitro benzene ring substituents is 1. The summed E-state index contributed by atoms with van der Waals surface area (Å²) < 4.78 is 15.5. The lowest BCUT2D eigenvalue weighted by atomic mass is 10.1. The van der Waals surface area contributed by atoms with E-state index in [9.17, 15) is 14.9 Å². The second-order valence-electron chi connectivity index (χ2n) is 5.74. The first kappa shape index (κ1) is 18.2. The molecule has 27 heavy (non-hydrogen) atoms. The summed E-state index contributed by atoms with van der Waals surface area (Å²) in [6.45, 7) is 1.81. The van der Waals surface area contributed by atoms with Gasteiger partial charge in [-0.25, -0.2) is 5.43 Å². The Kier molecular flexibility index (Phi) is 5.20. The van der Waals surface area contributed by atoms with Gasteiger partial charge in [-0.3, -0.25) is 14.9 Å². The smallest absolute Gasteiger partial charge is 0.311 e. The first-order chi connectivity index (χ1) is 13.0. The molecule has 9 heteroatoms. The van der Waals surface area contributed by atoms with Crippen molar-refractivity contribution in [2.24, 2.45) is 5.10 Å². The predicted octanol–water partition coefficient (Wildman–Crippen LogP) is 2.42. The van der Waals surface area contributed by atoms with Crippen LogP contribution in [0, 0.1) is 10.1 Å². The number of rotatable bonds is 6. The number of methoxy groups -OCH3 is 1. The van der Waals surface area contributed by atoms with Gasteiger partial charge in [0.05, 0.1) is 24.2 Å². The molecule has 0 fully saturated rings. The minimum atomic E-state index is -0.534. The van der Waals surface area contributed by atoms with Gasteiger partial charge in [0.2, 0.25) is 12.7 Å². The van der Waals surface area contributed by atoms with Crippen molar-refractivity contribution in [2.75, 3.05) is 13.9 Å². The van der Waals surface area contributed by atoms with Crippen molar-refractivity contribution < 1.29 is 23.9 Å². The fourth-order valence-corrected chi connectivity index (χ4v) is 2.54. The molecule has 1 heterocycles. The summed E-state index contributed by atoms with van der Waals surface area (Å²) in [7, 11) is 1.36. The minimum Gasteiger partial charge on any atom is -0.490 e. The Morgan fingerprint density at radius 2 is 2.04 bits per heavy atom. The van der Waals surface area contributed by atoms with Crippen molar-refractivity contribution in [1.29, 1.82) is 0 Å². The average molecular weight is 371 g/mol. The number of hydrazone groups is 1. The summed E-state index contributed by atoms with van der Waals surface area (Å²) in [4.78, 5) is 22.7. The fourth-order valence-electron chi connectivity index (χ4n) is 2.54. The summed E-state index contributed by atoms with van der Waals surface area (Å²) in [5, 5.41) is 15.1. The number of nitrogens with one attached hydrogen (secondary N) is 1. The van der Waals surface area contributed by atoms with Gasteiger partial charge in [-0.1, -0.05) is 6.07 Å². The van der Waals surface area contributed by atoms with E-state index < -0.39 is 4.92 Å². The molecule has 1 aliphatic heterocycles. The first-order valence-corrected chi connectivity index (χ1v) is 8.02. The molecule has 140 valence electrons. The molecule has 0 spiro atoms. The van der Waals surface area contributed by atoms with Crippen LogP contribution in [0.25, 0.3) is 0 Å². The molecular formula is C18H17N3O6. The van der Waals surface area contributed by atoms with E-state index in [0.29, 0.717) is 22.8 Å². The van der Waals surface area contributed by atoms with Crippen molar-refractivity contribution in [3.8, 4) is 17.2 Å². The van der Waals surface area contributed by atoms with Crippen LogP contribution in [-0.4, -0.2) is 30.4 Å². The van der Waals surface area contributed by atoms with Crippen LogP contribution in [0.5, 0.6) is 17.2 Å². The summed E-state index contributed by atoms with van der Waals surface area (Å²) in [5.74, 6) is 1.08. The molecule has 0 radical (unpaired) electrons. The van der Waals surface area contributed by atoms with E-state index in [1.807, 2.05) is 0 Å². The van der Waals surface area contributed by atoms with Gasteiger partial charge in [0.25, 0.3) is 0 Å². The number of hydrogen-bond acceptors (Lipinski definition) is 7. The van der Waals surface area contributed by atoms with Crippen LogP contribution in [0.15, 0.2) is 41.5 Å². The lowest BCUT2D eigenvalue weighted by Gasteiger charge is -2.06. The minimum absolute atomic E-state index is 0.107. The third kappa shape index (κ3) is 4.14. The molecule has 2 aromatic carbocycles. The maximum absolute atomic E-state index is 12.1. The van der Waals surface area contributed by atoms with E-state index in [1.165, 1.54) is 19.2 Å². The SMILES string of the molecule is COc1ccc(/C(C)=N\NC(=O)Cc2ccc3c(c2)OCO3)cc1[N+](=O)[O-]. The maximum atomic E-state index is 12.1. The summed E-state index contributed by atoms with van der Waals surface area (Å²) in [6.07, 6.45) is 0.107. The molecule has 0 unspecified atom stereocenters. The van der Waals surface area contributed by atoms with Crippen molar-refractivity contribution in [3.63, 3.8) is 0 Å². The van der Waals surface area contributed by atoms with Crippen LogP contribution in [0.2, 0.25) is 0 Å². The molecule has 0 aromatic heterocycles. The molecular weight excluding hydrogens is 354 g/mol. The fraction of sp³-hybridized carbons (Fsp3) is 0.222. The molecule has 0 aliphatic carbocycles. The zero-order valence-corrected chi connectivity index (χ0v) is 14.7. The van der Waals surface area contributed by atoms with E-state index in [0.717, 1.165) is 5.56 Å². The Morgan fingerprint density at radius 1 is 1.26 bits per heavy atom. The van der Waals surface area contributed by atoms with Crippen molar-refractivity contribution >= 4 is 17.3 Å². The van der Waals surface area contributed by atoms with E-state index in [-0.39, 0.29) is 30.6 Å². The van der Waals surface area contributed by atoms with Gasteiger partial charge >= 0.3 is 5.69 Å². The zero-order chi connectivity index (χ0) is 19.4. The number of nitro groups is 1. The molecule has 0 bridgehead atoms. The van der Waals surface area contributed by atoms with Gasteiger partial charge in [0.15, 0.2) is 17.2 Å². The molecule has 0 saturated heterocycles. The third-order valence-corrected chi connectivity index (χ3v) is 3.94. The standard InChI is InChI=1S/C18H17N3O6/c1-11(13-4-6-15(25-2)14(9-13)21(23)24)19-20-18(22)8-12-3-5-16-17(7-12)27-10-26-16/h3-7,9H,8,10H2,1-2H3,(H,20,22)/b19-11-. The van der Waals surface area contributed by atoms with Gasteiger partial charge in [0, 0.05) is 11.6 Å². The Hall–Kier alpha value is -3.62. The molecule has 3 rings (SSSR count). The number of nitrogens with zero attached hydrogens (tertiary/aromatic N) is 2. The highest BCUT2D eigenvalue weighted by molar-refractivity contribution is 6.00. The number of benzene rings is 2. The second-order valence-corrected chi connectivity index (χ2v) is 5.74. The highest BCUT2D eigenvalue weighted by Crippen LogP contribution is 2.32. The molecule has 0 atom stereocenters. The highest BCUT2D eigenvalue weighted by atomic mass is 16.7. The van der Waals surface area contributed by atoms with Crippen LogP contribution < -0.4 is 19.6 Å². The topological polar surface area (TPSA) is 112 Å². The van der Waals surface area contributed by atoms with E-state index in [1.54, 1.807) is 31.2 Å². The van der Waals surface area contributed by atoms with E-state index >= 15 is 0 Å². The number of carbonyl (C=O) groups is 1. The lowest BCUT2D eigenvalue weighted by molar-refractivity contribution is -0.385. The maximum Gasteiger partial charge on any atom is 0.311 e. The molecule has 9 nitrogen and oxygen atoms in total. The van der Waals surface area contributed by atoms with Gasteiger partial charge in [-0.2, -0.15) is 5.10 Å². The Morgan fingerprint density at radius 3 is 2.78 bits per heavy atom. The van der Waals surface area contributed by atoms with Crippen molar-refractivity contribution in [1.82, 2.24) is 5.43 Å². The highest BCUT2D eigenvalue weighted by Gasteiger charge is 2.17. The number of carbonyl (C=O) groups excluding carboxylic acids is 1. The van der Waals surface area contributed by atoms with Crippen molar-refractivity contribution in [2.45, 2.75) is 13.3 Å². The third-order valence-electron chi connectivity index (χ3n) is 3.94. The Balaban J connectivity index is 1.67. The summed E-state index contributed by atoms with van der Waals surface area (Å²) >= 11 is 0. The number of ether oxygens (including phenoxy) is 3. The van der Waals surface area contributed by atoms with E-state index in [2.05, 4.69) is 10.5 Å². The van der Waals surface area contributed by atoms with Crippen LogP contribution in [0.4, 0.5) is 5.69 Å². The largest absolute Gasteiger partial charge is 0.490 e. The summed E-state index contributed by atoms with van der Waals surface area (Å²) in [5.41, 5.74) is 3.97. The number of fused-ring (bicyclic) bond motifs is 1. The van der Waals surface area contributed by atoms with Gasteiger partial charge in [-0.15, -0.1) is 0 Å². The Bertz CT molecular complexity index is 925. The van der Waals surface area contributed by atoms with E-state index in [4.69, 9.17) is 14.2 Å². The monoisotopic (exact) mass is 371 g/mol. The van der Waals surface area contributed by atoms with Crippen LogP contribution in [0.1, 0.15) is 18.1 Å². The van der Waals surface area contributed by atoms with Gasteiger partial charge in [0.1, 0.15) is 0 Å². The Labute approximate surface area is 154 Å². The lowest BCUT2D eigenvalue weighted by Crippen LogP contribution is -2.21. The van der Waals surface area contributed by atoms with Crippen LogP contribution in [0.3, 0.4) is 0 Å².